The first-order valence-electron chi connectivity index (χ1n) is 6.63. The highest BCUT2D eigenvalue weighted by Gasteiger charge is 2.54. The second-order valence-electron chi connectivity index (χ2n) is 5.37. The number of benzene rings is 1. The Balaban J connectivity index is 1.90. The van der Waals surface area contributed by atoms with Crippen molar-refractivity contribution in [3.8, 4) is 0 Å². The minimum absolute atomic E-state index is 0.0618. The molecule has 0 bridgehead atoms. The Kier molecular flexibility index (Phi) is 2.46. The van der Waals surface area contributed by atoms with Gasteiger partial charge in [0.05, 0.1) is 5.41 Å². The van der Waals surface area contributed by atoms with Crippen molar-refractivity contribution in [3.63, 3.8) is 0 Å². The van der Waals surface area contributed by atoms with E-state index >= 15 is 0 Å². The molecular weight excluding hydrogens is 210 g/mol. The molecular formula is C15H19NO. The third kappa shape index (κ3) is 1.50. The molecule has 2 fully saturated rings. The van der Waals surface area contributed by atoms with Crippen LogP contribution in [0.5, 0.6) is 0 Å². The largest absolute Gasteiger partial charge is 0.355 e. The van der Waals surface area contributed by atoms with Crippen molar-refractivity contribution in [2.24, 2.45) is 5.41 Å². The Hall–Kier alpha value is -1.31. The molecule has 1 atom stereocenters. The van der Waals surface area contributed by atoms with Crippen LogP contribution < -0.4 is 5.32 Å². The van der Waals surface area contributed by atoms with Gasteiger partial charge in [-0.05, 0) is 30.4 Å². The Morgan fingerprint density at radius 3 is 2.53 bits per heavy atom. The predicted molar refractivity (Wildman–Crippen MR) is 67.9 cm³/mol. The van der Waals surface area contributed by atoms with Crippen molar-refractivity contribution in [1.29, 1.82) is 0 Å². The molecule has 1 aliphatic carbocycles. The first-order valence-corrected chi connectivity index (χ1v) is 6.63. The smallest absolute Gasteiger partial charge is 0.226 e. The molecule has 0 radical (unpaired) electrons. The molecule has 1 saturated heterocycles. The second-order valence-corrected chi connectivity index (χ2v) is 5.37. The van der Waals surface area contributed by atoms with Gasteiger partial charge in [-0.3, -0.25) is 4.79 Å². The molecule has 1 heterocycles. The molecule has 0 unspecified atom stereocenters. The van der Waals surface area contributed by atoms with E-state index in [1.807, 2.05) is 0 Å². The summed E-state index contributed by atoms with van der Waals surface area (Å²) < 4.78 is 0. The van der Waals surface area contributed by atoms with Crippen molar-refractivity contribution >= 4 is 5.91 Å². The van der Waals surface area contributed by atoms with Gasteiger partial charge in [0.1, 0.15) is 0 Å². The summed E-state index contributed by atoms with van der Waals surface area (Å²) in [5, 5.41) is 3.05. The molecule has 1 aliphatic heterocycles. The number of hydrogen-bond donors (Lipinski definition) is 1. The lowest BCUT2D eigenvalue weighted by Gasteiger charge is -2.40. The lowest BCUT2D eigenvalue weighted by Crippen LogP contribution is -2.40. The van der Waals surface area contributed by atoms with Gasteiger partial charge in [-0.25, -0.2) is 0 Å². The minimum atomic E-state index is -0.0618. The molecule has 17 heavy (non-hydrogen) atoms. The van der Waals surface area contributed by atoms with Crippen LogP contribution in [0.1, 0.15) is 43.2 Å². The lowest BCUT2D eigenvalue weighted by atomic mass is 9.60. The van der Waals surface area contributed by atoms with Crippen LogP contribution in [0.15, 0.2) is 24.3 Å². The van der Waals surface area contributed by atoms with E-state index in [2.05, 4.69) is 36.5 Å². The van der Waals surface area contributed by atoms with Gasteiger partial charge in [0, 0.05) is 12.5 Å². The van der Waals surface area contributed by atoms with Gasteiger partial charge in [-0.15, -0.1) is 0 Å². The van der Waals surface area contributed by atoms with Gasteiger partial charge in [0.2, 0.25) is 5.91 Å². The van der Waals surface area contributed by atoms with E-state index in [4.69, 9.17) is 0 Å². The van der Waals surface area contributed by atoms with E-state index in [0.717, 1.165) is 25.8 Å². The van der Waals surface area contributed by atoms with E-state index in [-0.39, 0.29) is 11.3 Å². The number of carbonyl (C=O) groups is 1. The van der Waals surface area contributed by atoms with Crippen LogP contribution in [-0.2, 0) is 11.2 Å². The topological polar surface area (TPSA) is 29.1 Å². The van der Waals surface area contributed by atoms with E-state index in [9.17, 15) is 4.79 Å². The number of rotatable bonds is 2. The van der Waals surface area contributed by atoms with Gasteiger partial charge in [0.15, 0.2) is 0 Å². The van der Waals surface area contributed by atoms with Crippen LogP contribution in [0, 0.1) is 5.41 Å². The van der Waals surface area contributed by atoms with Crippen LogP contribution in [0.25, 0.3) is 0 Å². The fourth-order valence-corrected chi connectivity index (χ4v) is 3.28. The summed E-state index contributed by atoms with van der Waals surface area (Å²) in [4.78, 5) is 12.0. The van der Waals surface area contributed by atoms with Gasteiger partial charge >= 0.3 is 0 Å². The van der Waals surface area contributed by atoms with Gasteiger partial charge < -0.3 is 5.32 Å². The monoisotopic (exact) mass is 229 g/mol. The van der Waals surface area contributed by atoms with Crippen LogP contribution in [0.4, 0.5) is 0 Å². The molecule has 1 saturated carbocycles. The highest BCUT2D eigenvalue weighted by Crippen LogP contribution is 2.53. The Morgan fingerprint density at radius 1 is 1.29 bits per heavy atom. The second kappa shape index (κ2) is 3.86. The Bertz CT molecular complexity index is 431. The number of aryl methyl sites for hydroxylation is 1. The zero-order valence-electron chi connectivity index (χ0n) is 10.3. The number of amides is 1. The normalized spacial score (nSPS) is 25.7. The standard InChI is InChI=1S/C15H19NO/c1-2-11-4-6-12(7-5-11)13-10-16-14(17)15(13)8-3-9-15/h4-7,13H,2-3,8-10H2,1H3,(H,16,17)/t13-/m0/s1. The first kappa shape index (κ1) is 10.8. The molecule has 0 aromatic heterocycles. The summed E-state index contributed by atoms with van der Waals surface area (Å²) in [5.74, 6) is 0.683. The predicted octanol–water partition coefficient (Wildman–Crippen LogP) is 2.63. The zero-order valence-corrected chi connectivity index (χ0v) is 10.3. The average Bonchev–Trinajstić information content (AvgIpc) is 2.66. The molecule has 1 aromatic rings. The molecule has 1 aromatic carbocycles. The van der Waals surface area contributed by atoms with Crippen LogP contribution >= 0.6 is 0 Å². The molecule has 2 aliphatic rings. The zero-order chi connectivity index (χ0) is 11.9. The summed E-state index contributed by atoms with van der Waals surface area (Å²) in [6.07, 6.45) is 4.42. The summed E-state index contributed by atoms with van der Waals surface area (Å²) in [6, 6.07) is 8.82. The number of carbonyl (C=O) groups excluding carboxylic acids is 1. The maximum absolute atomic E-state index is 12.0. The Labute approximate surface area is 102 Å². The van der Waals surface area contributed by atoms with Crippen molar-refractivity contribution in [2.45, 2.75) is 38.5 Å². The number of hydrogen-bond acceptors (Lipinski definition) is 1. The van der Waals surface area contributed by atoms with Gasteiger partial charge in [-0.1, -0.05) is 37.6 Å². The van der Waals surface area contributed by atoms with Crippen LogP contribution in [0.3, 0.4) is 0 Å². The summed E-state index contributed by atoms with van der Waals surface area (Å²) in [7, 11) is 0. The molecule has 90 valence electrons. The molecule has 2 nitrogen and oxygen atoms in total. The number of nitrogens with one attached hydrogen (secondary N) is 1. The molecule has 1 spiro atoms. The summed E-state index contributed by atoms with van der Waals surface area (Å²) in [5.41, 5.74) is 2.64. The van der Waals surface area contributed by atoms with Gasteiger partial charge in [0.25, 0.3) is 0 Å². The molecule has 2 heteroatoms. The van der Waals surface area contributed by atoms with Gasteiger partial charge in [-0.2, -0.15) is 0 Å². The first-order chi connectivity index (χ1) is 8.26. The van der Waals surface area contributed by atoms with Crippen molar-refractivity contribution in [2.75, 3.05) is 6.54 Å². The highest BCUT2D eigenvalue weighted by molar-refractivity contribution is 5.87. The Morgan fingerprint density at radius 2 is 2.00 bits per heavy atom. The van der Waals surface area contributed by atoms with Crippen LogP contribution in [0.2, 0.25) is 0 Å². The SMILES string of the molecule is CCc1ccc([C@@H]2CNC(=O)C23CCC3)cc1. The van der Waals surface area contributed by atoms with Crippen molar-refractivity contribution in [3.05, 3.63) is 35.4 Å². The average molecular weight is 229 g/mol. The third-order valence-electron chi connectivity index (χ3n) is 4.62. The molecule has 1 amide bonds. The van der Waals surface area contributed by atoms with E-state index in [1.165, 1.54) is 17.5 Å². The minimum Gasteiger partial charge on any atom is -0.355 e. The fourth-order valence-electron chi connectivity index (χ4n) is 3.28. The van der Waals surface area contributed by atoms with Crippen LogP contribution in [-0.4, -0.2) is 12.5 Å². The molecule has 3 rings (SSSR count). The quantitative estimate of drug-likeness (QED) is 0.830. The van der Waals surface area contributed by atoms with E-state index in [0.29, 0.717) is 5.92 Å². The lowest BCUT2D eigenvalue weighted by molar-refractivity contribution is -0.132. The summed E-state index contributed by atoms with van der Waals surface area (Å²) in [6.45, 7) is 2.99. The summed E-state index contributed by atoms with van der Waals surface area (Å²) >= 11 is 0. The van der Waals surface area contributed by atoms with Crippen molar-refractivity contribution in [1.82, 2.24) is 5.32 Å². The molecule has 1 N–H and O–H groups in total. The maximum Gasteiger partial charge on any atom is 0.226 e. The third-order valence-corrected chi connectivity index (χ3v) is 4.62. The highest BCUT2D eigenvalue weighted by atomic mass is 16.2. The van der Waals surface area contributed by atoms with E-state index < -0.39 is 0 Å². The maximum atomic E-state index is 12.0. The van der Waals surface area contributed by atoms with Crippen molar-refractivity contribution < 1.29 is 4.79 Å². The fraction of sp³-hybridized carbons (Fsp3) is 0.533. The van der Waals surface area contributed by atoms with E-state index in [1.54, 1.807) is 0 Å².